The van der Waals surface area contributed by atoms with E-state index in [1.54, 1.807) is 11.3 Å². The number of halogens is 1. The zero-order valence-corrected chi connectivity index (χ0v) is 14.1. The SMILES string of the molecule is CC1(C)C2OCCCC2C1(N)C(=O)NCc1cccs1.Cl. The highest BCUT2D eigenvalue weighted by Gasteiger charge is 2.70. The maximum Gasteiger partial charge on any atom is 0.241 e. The standard InChI is InChI=1S/C15H22N2O2S.ClH/c1-14(2)12-11(6-3-7-19-12)15(14,16)13(18)17-9-10-5-4-8-20-10;/h4-5,8,11-12H,3,6-7,9,16H2,1-2H3,(H,17,18);1H. The summed E-state index contributed by atoms with van der Waals surface area (Å²) in [6, 6.07) is 4.01. The van der Waals surface area contributed by atoms with Gasteiger partial charge in [0.1, 0.15) is 5.54 Å². The quantitative estimate of drug-likeness (QED) is 0.894. The molecule has 1 aromatic heterocycles. The average Bonchev–Trinajstić information content (AvgIpc) is 2.97. The second-order valence-corrected chi connectivity index (χ2v) is 7.43. The molecule has 1 aliphatic heterocycles. The number of hydrogen-bond donors (Lipinski definition) is 2. The van der Waals surface area contributed by atoms with Crippen LogP contribution in [-0.4, -0.2) is 24.2 Å². The van der Waals surface area contributed by atoms with Gasteiger partial charge in [-0.05, 0) is 24.3 Å². The van der Waals surface area contributed by atoms with Gasteiger partial charge in [-0.25, -0.2) is 0 Å². The number of thiophene rings is 1. The first-order valence-electron chi connectivity index (χ1n) is 7.19. The van der Waals surface area contributed by atoms with E-state index in [1.165, 1.54) is 0 Å². The fourth-order valence-corrected chi connectivity index (χ4v) is 4.41. The lowest BCUT2D eigenvalue weighted by Gasteiger charge is -2.65. The van der Waals surface area contributed by atoms with Crippen molar-refractivity contribution < 1.29 is 9.53 Å². The van der Waals surface area contributed by atoms with Crippen LogP contribution in [0.1, 0.15) is 31.6 Å². The average molecular weight is 331 g/mol. The van der Waals surface area contributed by atoms with Crippen LogP contribution in [-0.2, 0) is 16.1 Å². The minimum atomic E-state index is -0.810. The molecule has 0 spiro atoms. The Hall–Kier alpha value is -0.620. The number of rotatable bonds is 3. The minimum Gasteiger partial charge on any atom is -0.377 e. The molecule has 1 saturated heterocycles. The first-order chi connectivity index (χ1) is 9.48. The third kappa shape index (κ3) is 2.40. The molecule has 118 valence electrons. The van der Waals surface area contributed by atoms with Gasteiger partial charge in [-0.15, -0.1) is 23.7 Å². The molecule has 2 fully saturated rings. The van der Waals surface area contributed by atoms with Crippen molar-refractivity contribution in [1.82, 2.24) is 5.32 Å². The van der Waals surface area contributed by atoms with Gasteiger partial charge >= 0.3 is 0 Å². The number of hydrogen-bond acceptors (Lipinski definition) is 4. The van der Waals surface area contributed by atoms with Gasteiger partial charge < -0.3 is 15.8 Å². The van der Waals surface area contributed by atoms with Crippen LogP contribution in [0.25, 0.3) is 0 Å². The lowest BCUT2D eigenvalue weighted by atomic mass is 9.46. The number of nitrogens with two attached hydrogens (primary N) is 1. The van der Waals surface area contributed by atoms with Gasteiger partial charge in [0.15, 0.2) is 0 Å². The van der Waals surface area contributed by atoms with Crippen LogP contribution in [0, 0.1) is 11.3 Å². The predicted octanol–water partition coefficient (Wildman–Crippen LogP) is 2.32. The predicted molar refractivity (Wildman–Crippen MR) is 86.6 cm³/mol. The van der Waals surface area contributed by atoms with Crippen molar-refractivity contribution in [1.29, 1.82) is 0 Å². The van der Waals surface area contributed by atoms with Gasteiger partial charge in [-0.3, -0.25) is 4.79 Å². The van der Waals surface area contributed by atoms with E-state index in [0.717, 1.165) is 24.3 Å². The zero-order valence-electron chi connectivity index (χ0n) is 12.4. The van der Waals surface area contributed by atoms with Crippen molar-refractivity contribution in [3.63, 3.8) is 0 Å². The maximum atomic E-state index is 12.6. The molecule has 2 heterocycles. The summed E-state index contributed by atoms with van der Waals surface area (Å²) in [5.74, 6) is 0.109. The van der Waals surface area contributed by atoms with Crippen LogP contribution in [0.3, 0.4) is 0 Å². The Balaban J connectivity index is 0.00000161. The molecule has 2 aliphatic rings. The number of carbonyl (C=O) groups excluding carboxylic acids is 1. The third-order valence-corrected chi connectivity index (χ3v) is 5.94. The van der Waals surface area contributed by atoms with E-state index >= 15 is 0 Å². The third-order valence-electron chi connectivity index (χ3n) is 5.06. The van der Waals surface area contributed by atoms with Gasteiger partial charge in [0.25, 0.3) is 0 Å². The Morgan fingerprint density at radius 3 is 3.00 bits per heavy atom. The smallest absolute Gasteiger partial charge is 0.241 e. The molecule has 0 aromatic carbocycles. The Morgan fingerprint density at radius 2 is 2.33 bits per heavy atom. The number of amides is 1. The summed E-state index contributed by atoms with van der Waals surface area (Å²) in [6.45, 7) is 5.44. The fraction of sp³-hybridized carbons (Fsp3) is 0.667. The summed E-state index contributed by atoms with van der Waals surface area (Å²) in [7, 11) is 0. The minimum absolute atomic E-state index is 0. The van der Waals surface area contributed by atoms with Gasteiger partial charge in [-0.1, -0.05) is 19.9 Å². The molecule has 1 aromatic rings. The normalized spacial score (nSPS) is 33.3. The zero-order chi connectivity index (χ0) is 14.4. The van der Waals surface area contributed by atoms with Crippen LogP contribution in [0.15, 0.2) is 17.5 Å². The van der Waals surface area contributed by atoms with Gasteiger partial charge in [0, 0.05) is 22.8 Å². The molecule has 1 aliphatic carbocycles. The van der Waals surface area contributed by atoms with E-state index < -0.39 is 5.54 Å². The van der Waals surface area contributed by atoms with Crippen molar-refractivity contribution in [2.75, 3.05) is 6.61 Å². The maximum absolute atomic E-state index is 12.6. The molecule has 0 radical (unpaired) electrons. The molecule has 1 amide bonds. The van der Waals surface area contributed by atoms with E-state index in [9.17, 15) is 4.79 Å². The number of carbonyl (C=O) groups is 1. The summed E-state index contributed by atoms with van der Waals surface area (Å²) in [5, 5.41) is 5.02. The van der Waals surface area contributed by atoms with Crippen LogP contribution in [0.4, 0.5) is 0 Å². The molecular weight excluding hydrogens is 308 g/mol. The van der Waals surface area contributed by atoms with Crippen molar-refractivity contribution in [3.05, 3.63) is 22.4 Å². The molecule has 3 N–H and O–H groups in total. The summed E-state index contributed by atoms with van der Waals surface area (Å²) in [5.41, 5.74) is 5.41. The lowest BCUT2D eigenvalue weighted by Crippen LogP contribution is -2.82. The highest BCUT2D eigenvalue weighted by atomic mass is 35.5. The molecule has 4 nitrogen and oxygen atoms in total. The van der Waals surface area contributed by atoms with E-state index in [4.69, 9.17) is 10.5 Å². The monoisotopic (exact) mass is 330 g/mol. The van der Waals surface area contributed by atoms with Crippen molar-refractivity contribution in [2.45, 2.75) is 44.9 Å². The Labute approximate surface area is 135 Å². The molecular formula is C15H23ClN2O2S. The Morgan fingerprint density at radius 1 is 1.57 bits per heavy atom. The van der Waals surface area contributed by atoms with Gasteiger partial charge in [0.2, 0.25) is 5.91 Å². The second-order valence-electron chi connectivity index (χ2n) is 6.39. The summed E-state index contributed by atoms with van der Waals surface area (Å²) < 4.78 is 5.83. The highest BCUT2D eigenvalue weighted by Crippen LogP contribution is 2.57. The molecule has 0 bridgehead atoms. The van der Waals surface area contributed by atoms with Crippen molar-refractivity contribution >= 4 is 29.7 Å². The van der Waals surface area contributed by atoms with Crippen LogP contribution in [0.5, 0.6) is 0 Å². The molecule has 1 saturated carbocycles. The molecule has 6 heteroatoms. The fourth-order valence-electron chi connectivity index (χ4n) is 3.76. The number of nitrogens with one attached hydrogen (secondary N) is 1. The van der Waals surface area contributed by atoms with E-state index in [1.807, 2.05) is 31.4 Å². The summed E-state index contributed by atoms with van der Waals surface area (Å²) in [4.78, 5) is 13.8. The molecule has 21 heavy (non-hydrogen) atoms. The lowest BCUT2D eigenvalue weighted by molar-refractivity contribution is -0.225. The summed E-state index contributed by atoms with van der Waals surface area (Å²) >= 11 is 1.64. The molecule has 3 atom stereocenters. The number of ether oxygens (including phenoxy) is 1. The van der Waals surface area contributed by atoms with Gasteiger partial charge in [-0.2, -0.15) is 0 Å². The molecule has 3 rings (SSSR count). The van der Waals surface area contributed by atoms with Crippen LogP contribution >= 0.6 is 23.7 Å². The number of fused-ring (bicyclic) bond motifs is 1. The summed E-state index contributed by atoms with van der Waals surface area (Å²) in [6.07, 6.45) is 2.10. The second kappa shape index (κ2) is 5.88. The Kier molecular flexibility index (Phi) is 4.69. The van der Waals surface area contributed by atoms with E-state index in [0.29, 0.717) is 6.54 Å². The first kappa shape index (κ1) is 16.7. The van der Waals surface area contributed by atoms with E-state index in [-0.39, 0.29) is 35.8 Å². The van der Waals surface area contributed by atoms with Crippen molar-refractivity contribution in [3.8, 4) is 0 Å². The molecule has 3 unspecified atom stereocenters. The van der Waals surface area contributed by atoms with Gasteiger partial charge in [0.05, 0.1) is 12.6 Å². The first-order valence-corrected chi connectivity index (χ1v) is 8.07. The van der Waals surface area contributed by atoms with Crippen molar-refractivity contribution in [2.24, 2.45) is 17.1 Å². The largest absolute Gasteiger partial charge is 0.377 e. The van der Waals surface area contributed by atoms with Crippen LogP contribution < -0.4 is 11.1 Å². The van der Waals surface area contributed by atoms with Crippen LogP contribution in [0.2, 0.25) is 0 Å². The Bertz CT molecular complexity index is 506. The van der Waals surface area contributed by atoms with E-state index in [2.05, 4.69) is 5.32 Å². The highest BCUT2D eigenvalue weighted by molar-refractivity contribution is 7.09. The topological polar surface area (TPSA) is 64.3 Å².